The molecule has 0 saturated heterocycles. The third-order valence-corrected chi connectivity index (χ3v) is 16.1. The summed E-state index contributed by atoms with van der Waals surface area (Å²) in [6.45, 7) is 1.96. The Hall–Kier alpha value is -9.28. The number of sulfonamides is 1. The maximum atomic E-state index is 15.3. The number of carbonyl (C=O) groups is 4. The highest BCUT2D eigenvalue weighted by molar-refractivity contribution is 7.89. The Morgan fingerprint density at radius 2 is 1.18 bits per heavy atom. The molecule has 5 aliphatic rings. The van der Waals surface area contributed by atoms with Gasteiger partial charge < -0.3 is 30.5 Å². The maximum Gasteiger partial charge on any atom is 0.233 e. The molecule has 0 bridgehead atoms. The molecule has 0 radical (unpaired) electrons. The van der Waals surface area contributed by atoms with Crippen molar-refractivity contribution < 1.29 is 42.2 Å². The number of carbonyl (C=O) groups excluding carboxylic acids is 4. The van der Waals surface area contributed by atoms with E-state index in [1.54, 1.807) is 0 Å². The number of hydrogen-bond acceptors (Lipinski definition) is 13. The zero-order valence-corrected chi connectivity index (χ0v) is 43.9. The van der Waals surface area contributed by atoms with Crippen LogP contribution in [0.1, 0.15) is 73.3 Å². The Morgan fingerprint density at radius 3 is 1.86 bits per heavy atom. The Morgan fingerprint density at radius 1 is 0.595 bits per heavy atom. The van der Waals surface area contributed by atoms with E-state index < -0.39 is 27.3 Å². The van der Waals surface area contributed by atoms with Gasteiger partial charge >= 0.3 is 0 Å². The van der Waals surface area contributed by atoms with Crippen molar-refractivity contribution in [1.29, 1.82) is 0 Å². The fourth-order valence-corrected chi connectivity index (χ4v) is 12.7. The number of anilines is 3. The van der Waals surface area contributed by atoms with E-state index in [1.807, 2.05) is 126 Å². The van der Waals surface area contributed by atoms with E-state index in [0.29, 0.717) is 72.2 Å². The Balaban J connectivity index is 0.888. The summed E-state index contributed by atoms with van der Waals surface area (Å²) in [7, 11) is -3.64. The zero-order valence-electron chi connectivity index (χ0n) is 43.1. The number of unbranched alkanes of at least 4 members (excludes halogenated alkanes) is 2. The number of Topliss-reactive ketones (excluding diaryl/α,β-unsaturated/α-hetero) is 1. The molecule has 6 N–H and O–H groups in total. The van der Waals surface area contributed by atoms with Gasteiger partial charge in [-0.3, -0.25) is 29.2 Å². The first-order valence-corrected chi connectivity index (χ1v) is 28.2. The van der Waals surface area contributed by atoms with Gasteiger partial charge in [-0.15, -0.1) is 0 Å². The quantitative estimate of drug-likeness (QED) is 0.0563. The summed E-state index contributed by atoms with van der Waals surface area (Å²) >= 11 is 0. The van der Waals surface area contributed by atoms with Crippen LogP contribution in [0.5, 0.6) is 11.5 Å². The lowest BCUT2D eigenvalue weighted by molar-refractivity contribution is -0.129. The highest BCUT2D eigenvalue weighted by Crippen LogP contribution is 2.56. The number of ketones is 1. The minimum atomic E-state index is -3.64. The molecule has 13 rings (SSSR count). The van der Waals surface area contributed by atoms with Gasteiger partial charge in [0, 0.05) is 74.9 Å². The molecule has 0 aromatic heterocycles. The van der Waals surface area contributed by atoms with Gasteiger partial charge in [-0.1, -0.05) is 109 Å². The summed E-state index contributed by atoms with van der Waals surface area (Å²) < 4.78 is 37.6. The number of benzene rings is 8. The first kappa shape index (κ1) is 49.3. The van der Waals surface area contributed by atoms with E-state index in [-0.39, 0.29) is 47.3 Å². The van der Waals surface area contributed by atoms with Crippen LogP contribution in [0.15, 0.2) is 156 Å². The monoisotopic (exact) mass is 1070 g/mol. The van der Waals surface area contributed by atoms with Gasteiger partial charge in [0.2, 0.25) is 33.5 Å². The molecule has 2 atom stereocenters. The summed E-state index contributed by atoms with van der Waals surface area (Å²) in [6, 6.07) is 47.9. The number of aliphatic hydroxyl groups excluding tert-OH is 1. The Kier molecular flexibility index (Phi) is 11.7. The Bertz CT molecular complexity index is 4310. The number of ether oxygens (including phenoxy) is 2. The van der Waals surface area contributed by atoms with Gasteiger partial charge in [0.05, 0.1) is 41.7 Å². The second-order valence-electron chi connectivity index (χ2n) is 20.7. The van der Waals surface area contributed by atoms with E-state index >= 15 is 4.79 Å². The molecule has 3 amide bonds. The minimum absolute atomic E-state index is 0.0478. The second-order valence-corrected chi connectivity index (χ2v) is 22.4. The van der Waals surface area contributed by atoms with E-state index in [9.17, 15) is 27.9 Å². The third kappa shape index (κ3) is 8.15. The molecular formula is C63H52N6O9S. The second kappa shape index (κ2) is 18.7. The molecule has 0 fully saturated rings. The molecular weight excluding hydrogens is 1020 g/mol. The van der Waals surface area contributed by atoms with Gasteiger partial charge in [-0.25, -0.2) is 13.4 Å². The van der Waals surface area contributed by atoms with Crippen molar-refractivity contribution in [2.24, 2.45) is 4.99 Å². The molecule has 16 heteroatoms. The van der Waals surface area contributed by atoms with Crippen molar-refractivity contribution in [1.82, 2.24) is 10.0 Å². The van der Waals surface area contributed by atoms with Crippen LogP contribution in [0.2, 0.25) is 0 Å². The molecule has 8 aromatic rings. The van der Waals surface area contributed by atoms with Crippen LogP contribution in [0, 0.1) is 0 Å². The lowest BCUT2D eigenvalue weighted by Gasteiger charge is -2.41. The van der Waals surface area contributed by atoms with Crippen LogP contribution in [0.4, 0.5) is 17.1 Å². The summed E-state index contributed by atoms with van der Waals surface area (Å²) in [6.07, 6.45) is 3.31. The van der Waals surface area contributed by atoms with Gasteiger partial charge in [-0.05, 0) is 95.1 Å². The molecule has 3 aliphatic carbocycles. The number of fused-ring (bicyclic) bond motifs is 10. The summed E-state index contributed by atoms with van der Waals surface area (Å²) in [5, 5.41) is 31.1. The highest BCUT2D eigenvalue weighted by atomic mass is 32.2. The molecule has 2 aliphatic heterocycles. The van der Waals surface area contributed by atoms with Crippen molar-refractivity contribution in [3.8, 4) is 33.8 Å². The number of amides is 3. The number of rotatable bonds is 14. The van der Waals surface area contributed by atoms with Gasteiger partial charge in [0.25, 0.3) is 0 Å². The smallest absolute Gasteiger partial charge is 0.233 e. The molecule has 2 spiro atoms. The fraction of sp³-hybridized carbons (Fsp3) is 0.190. The molecule has 2 unspecified atom stereocenters. The number of allylic oxidation sites excluding steroid dienone is 2. The van der Waals surface area contributed by atoms with Gasteiger partial charge in [0.15, 0.2) is 11.3 Å². The first-order chi connectivity index (χ1) is 38.2. The number of hydrogen-bond donors (Lipinski definition) is 6. The summed E-state index contributed by atoms with van der Waals surface area (Å²) in [5.74, 6) is -0.494. The number of imide groups is 1. The first-order valence-electron chi connectivity index (χ1n) is 26.3. The maximum absolute atomic E-state index is 15.3. The lowest BCUT2D eigenvalue weighted by Crippen LogP contribution is -2.45. The van der Waals surface area contributed by atoms with Crippen LogP contribution >= 0.6 is 0 Å². The predicted molar refractivity (Wildman–Crippen MR) is 303 cm³/mol. The zero-order chi connectivity index (χ0) is 54.4. The average Bonchev–Trinajstić information content (AvgIpc) is 4.12. The van der Waals surface area contributed by atoms with E-state index in [1.165, 1.54) is 6.92 Å². The summed E-state index contributed by atoms with van der Waals surface area (Å²) in [5.41, 5.74) is 8.59. The molecule has 394 valence electrons. The number of aliphatic hydroxyl groups is 1. The van der Waals surface area contributed by atoms with Gasteiger partial charge in [0.1, 0.15) is 17.3 Å². The predicted octanol–water partition coefficient (Wildman–Crippen LogP) is 9.18. The van der Waals surface area contributed by atoms with Crippen LogP contribution in [0.3, 0.4) is 0 Å². The largest absolute Gasteiger partial charge is 0.506 e. The molecule has 2 heterocycles. The normalized spacial score (nSPS) is 18.3. The van der Waals surface area contributed by atoms with E-state index in [2.05, 4.69) is 45.5 Å². The van der Waals surface area contributed by atoms with Gasteiger partial charge in [-0.2, -0.15) is 0 Å². The van der Waals surface area contributed by atoms with Crippen molar-refractivity contribution in [2.75, 3.05) is 35.4 Å². The fourth-order valence-electron chi connectivity index (χ4n) is 12.2. The van der Waals surface area contributed by atoms with Crippen molar-refractivity contribution in [3.63, 3.8) is 0 Å². The van der Waals surface area contributed by atoms with Crippen LogP contribution in [-0.2, 0) is 40.5 Å². The van der Waals surface area contributed by atoms with Crippen molar-refractivity contribution in [3.05, 3.63) is 190 Å². The van der Waals surface area contributed by atoms with Crippen LogP contribution < -0.4 is 46.0 Å². The van der Waals surface area contributed by atoms with Crippen molar-refractivity contribution >= 4 is 83.3 Å². The molecule has 0 saturated carbocycles. The van der Waals surface area contributed by atoms with E-state index in [4.69, 9.17) is 14.5 Å². The average molecular weight is 1070 g/mol. The molecule has 79 heavy (non-hydrogen) atoms. The SMILES string of the molecule is CC(=O)NC(=O)CCCCOc1ccc2c(c1)C1(N=c3/c(=C4\C(=O)C(c5ccc6cccc7c6c5NC5(N7)c6ccccc6-c6ccc(OCCCCC(=O)NS(C)(=O)=O)cc65)=C4O)ccc4cccc(c34)N1)c1ccccc1-2. The molecule has 15 nitrogen and oxygen atoms in total. The topological polar surface area (TPSA) is 214 Å². The third-order valence-electron chi connectivity index (χ3n) is 15.5. The minimum Gasteiger partial charge on any atom is -0.506 e. The molecule has 8 aromatic carbocycles. The Labute approximate surface area is 454 Å². The van der Waals surface area contributed by atoms with Crippen LogP contribution in [-0.4, -0.2) is 56.5 Å². The number of nitrogens with one attached hydrogen (secondary N) is 5. The lowest BCUT2D eigenvalue weighted by atomic mass is 9.79. The highest BCUT2D eigenvalue weighted by Gasteiger charge is 2.49. The van der Waals surface area contributed by atoms with Crippen molar-refractivity contribution in [2.45, 2.75) is 56.8 Å². The standard InChI is InChI=1S/C63H52N6O9S/c1-35(70)64-52(71)21-7-9-31-77-38-25-29-42-40-15-3-5-17-46(40)62(48(42)33-38)65-50-19-11-13-36-23-27-44(58(67-62)54(36)50)56-60(73)57(61(56)74)45-28-24-37-14-12-20-51-55(37)59(45)68-63(66-51)47-18-6-4-16-41(47)43-30-26-39(34-49(43)63)78-32-10-8-22-53(72)69-79(2,75)76/h3-6,11-20,23-30,33-34,65-66,68,73H,7-10,21-22,31-32H2,1-2H3,(H,69,72)(H,64,70,71)/b56-44-. The number of nitrogens with zero attached hydrogens (tertiary/aromatic N) is 1. The van der Waals surface area contributed by atoms with Crippen LogP contribution in [0.25, 0.3) is 54.9 Å². The summed E-state index contributed by atoms with van der Waals surface area (Å²) in [4.78, 5) is 56.5. The van der Waals surface area contributed by atoms with E-state index in [0.717, 1.165) is 83.7 Å².